The Hall–Kier alpha value is -4.72. The molecule has 5 aromatic rings. The molecule has 10 nitrogen and oxygen atoms in total. The number of nitrogens with zero attached hydrogens (tertiary/aromatic N) is 2. The standard InChI is InChI=1S/C46H52N4O6S/c1-33-13-23-41(24-14-33)57(53,54)48-42(29-35-9-5-3-6-10-35)45(52)47-40-21-19-39(20-22-40)46-55-43(34(2)44(56-46)38-17-15-37(32-51)16-18-38)31-50-27-25-49(26-28-50)30-36-11-7-4-8-12-36/h3-24,34,42-44,46,48,51H,25-32H2,1-2H3,(H,47,52)/t34-,42-,43+,44+,46+/m1/s1. The fourth-order valence-electron chi connectivity index (χ4n) is 7.52. The Bertz CT molecular complexity index is 2150. The number of benzene rings is 5. The fourth-order valence-corrected chi connectivity index (χ4v) is 8.71. The lowest BCUT2D eigenvalue weighted by atomic mass is 9.90. The highest BCUT2D eigenvalue weighted by Gasteiger charge is 2.39. The first kappa shape index (κ1) is 40.5. The molecular weight excluding hydrogens is 737 g/mol. The number of anilines is 1. The summed E-state index contributed by atoms with van der Waals surface area (Å²) in [4.78, 5) is 18.9. The van der Waals surface area contributed by atoms with Gasteiger partial charge in [-0.2, -0.15) is 4.72 Å². The average molecular weight is 789 g/mol. The quantitative estimate of drug-likeness (QED) is 0.115. The number of ether oxygens (including phenoxy) is 2. The van der Waals surface area contributed by atoms with Crippen LogP contribution in [0, 0.1) is 12.8 Å². The minimum Gasteiger partial charge on any atom is -0.392 e. The van der Waals surface area contributed by atoms with Crippen molar-refractivity contribution in [3.05, 3.63) is 167 Å². The molecule has 0 saturated carbocycles. The second-order valence-corrected chi connectivity index (χ2v) is 16.9. The minimum atomic E-state index is -3.99. The van der Waals surface area contributed by atoms with Gasteiger partial charge in [-0.05, 0) is 59.9 Å². The molecule has 7 rings (SSSR count). The molecule has 0 aliphatic carbocycles. The molecule has 0 unspecified atom stereocenters. The van der Waals surface area contributed by atoms with Gasteiger partial charge in [-0.25, -0.2) is 8.42 Å². The number of aliphatic hydroxyl groups is 1. The lowest BCUT2D eigenvalue weighted by molar-refractivity contribution is -0.276. The van der Waals surface area contributed by atoms with E-state index >= 15 is 0 Å². The highest BCUT2D eigenvalue weighted by atomic mass is 32.2. The zero-order chi connectivity index (χ0) is 39.8. The summed E-state index contributed by atoms with van der Waals surface area (Å²) < 4.78 is 42.9. The van der Waals surface area contributed by atoms with Crippen molar-refractivity contribution < 1.29 is 27.8 Å². The van der Waals surface area contributed by atoms with Gasteiger partial charge in [0, 0.05) is 56.4 Å². The maximum absolute atomic E-state index is 13.8. The van der Waals surface area contributed by atoms with Crippen LogP contribution in [0.1, 0.15) is 52.7 Å². The number of carbonyl (C=O) groups is 1. The molecule has 2 fully saturated rings. The Kier molecular flexibility index (Phi) is 13.3. The molecule has 0 spiro atoms. The Morgan fingerprint density at radius 1 is 0.737 bits per heavy atom. The number of rotatable bonds is 14. The molecule has 2 aliphatic rings. The van der Waals surface area contributed by atoms with Crippen molar-refractivity contribution in [3.8, 4) is 0 Å². The number of amides is 1. The van der Waals surface area contributed by atoms with Gasteiger partial charge in [-0.1, -0.05) is 122 Å². The Morgan fingerprint density at radius 2 is 1.33 bits per heavy atom. The second kappa shape index (κ2) is 18.7. The van der Waals surface area contributed by atoms with Crippen molar-refractivity contribution >= 4 is 21.6 Å². The number of hydrogen-bond donors (Lipinski definition) is 3. The molecular formula is C46H52N4O6S. The van der Waals surface area contributed by atoms with Gasteiger partial charge < -0.3 is 19.9 Å². The van der Waals surface area contributed by atoms with Crippen molar-refractivity contribution in [3.63, 3.8) is 0 Å². The van der Waals surface area contributed by atoms with E-state index in [9.17, 15) is 18.3 Å². The van der Waals surface area contributed by atoms with Crippen LogP contribution in [0.2, 0.25) is 0 Å². The predicted molar refractivity (Wildman–Crippen MR) is 222 cm³/mol. The van der Waals surface area contributed by atoms with Gasteiger partial charge in [-0.3, -0.25) is 14.6 Å². The minimum absolute atomic E-state index is 0.0273. The lowest BCUT2D eigenvalue weighted by Crippen LogP contribution is -2.51. The second-order valence-electron chi connectivity index (χ2n) is 15.2. The fraction of sp³-hybridized carbons (Fsp3) is 0.326. The Morgan fingerprint density at radius 3 is 1.96 bits per heavy atom. The molecule has 11 heteroatoms. The summed E-state index contributed by atoms with van der Waals surface area (Å²) in [6.45, 7) is 9.60. The predicted octanol–water partition coefficient (Wildman–Crippen LogP) is 6.62. The summed E-state index contributed by atoms with van der Waals surface area (Å²) in [5, 5.41) is 12.6. The summed E-state index contributed by atoms with van der Waals surface area (Å²) in [6, 6.07) is 40.6. The molecule has 2 saturated heterocycles. The van der Waals surface area contributed by atoms with Crippen LogP contribution in [0.3, 0.4) is 0 Å². The zero-order valence-electron chi connectivity index (χ0n) is 32.5. The Labute approximate surface area is 336 Å². The first-order valence-electron chi connectivity index (χ1n) is 19.7. The highest BCUT2D eigenvalue weighted by molar-refractivity contribution is 7.89. The monoisotopic (exact) mass is 788 g/mol. The molecule has 5 atom stereocenters. The van der Waals surface area contributed by atoms with Crippen LogP contribution in [0.25, 0.3) is 0 Å². The number of carbonyl (C=O) groups excluding carboxylic acids is 1. The van der Waals surface area contributed by atoms with Crippen molar-refractivity contribution in [2.24, 2.45) is 5.92 Å². The maximum atomic E-state index is 13.8. The van der Waals surface area contributed by atoms with Gasteiger partial charge in [0.2, 0.25) is 15.9 Å². The number of aryl methyl sites for hydroxylation is 1. The SMILES string of the molecule is Cc1ccc(S(=O)(=O)N[C@H](Cc2ccccc2)C(=O)Nc2ccc([C@H]3O[C@@H](CN4CCN(Cc5ccccc5)CC4)[C@@H](C)[C@@H](c4ccc(CO)cc4)O3)cc2)cc1. The number of hydrogen-bond acceptors (Lipinski definition) is 8. The van der Waals surface area contributed by atoms with Gasteiger partial charge in [0.05, 0.1) is 23.7 Å². The molecule has 0 aromatic heterocycles. The summed E-state index contributed by atoms with van der Waals surface area (Å²) in [6.07, 6.45) is -0.862. The summed E-state index contributed by atoms with van der Waals surface area (Å²) in [7, 11) is -3.99. The van der Waals surface area contributed by atoms with E-state index < -0.39 is 28.3 Å². The van der Waals surface area contributed by atoms with Crippen LogP contribution in [0.4, 0.5) is 5.69 Å². The van der Waals surface area contributed by atoms with Gasteiger partial charge in [0.15, 0.2) is 6.29 Å². The molecule has 298 valence electrons. The summed E-state index contributed by atoms with van der Waals surface area (Å²) >= 11 is 0. The van der Waals surface area contributed by atoms with E-state index in [1.165, 1.54) is 17.7 Å². The largest absolute Gasteiger partial charge is 0.392 e. The molecule has 0 radical (unpaired) electrons. The van der Waals surface area contributed by atoms with Crippen LogP contribution in [-0.4, -0.2) is 74.1 Å². The van der Waals surface area contributed by atoms with Crippen molar-refractivity contribution in [2.75, 3.05) is 38.0 Å². The molecule has 3 N–H and O–H groups in total. The van der Waals surface area contributed by atoms with E-state index in [1.807, 2.05) is 73.7 Å². The topological polar surface area (TPSA) is 120 Å². The van der Waals surface area contributed by atoms with Gasteiger partial charge in [0.1, 0.15) is 6.04 Å². The molecule has 2 aliphatic heterocycles. The van der Waals surface area contributed by atoms with E-state index in [4.69, 9.17) is 9.47 Å². The van der Waals surface area contributed by atoms with E-state index in [0.29, 0.717) is 5.69 Å². The number of nitrogens with one attached hydrogen (secondary N) is 2. The first-order chi connectivity index (χ1) is 27.6. The smallest absolute Gasteiger partial charge is 0.242 e. The van der Waals surface area contributed by atoms with E-state index in [1.54, 1.807) is 24.3 Å². The molecule has 1 amide bonds. The number of sulfonamides is 1. The van der Waals surface area contributed by atoms with Crippen LogP contribution in [0.5, 0.6) is 0 Å². The maximum Gasteiger partial charge on any atom is 0.242 e. The number of piperazine rings is 1. The number of aliphatic hydroxyl groups excluding tert-OH is 1. The van der Waals surface area contributed by atoms with Crippen LogP contribution in [0.15, 0.2) is 138 Å². The average Bonchev–Trinajstić information content (AvgIpc) is 3.23. The summed E-state index contributed by atoms with van der Waals surface area (Å²) in [5.74, 6) is -0.427. The van der Waals surface area contributed by atoms with E-state index in [2.05, 4.69) is 57.1 Å². The van der Waals surface area contributed by atoms with E-state index in [-0.39, 0.29) is 36.0 Å². The Balaban J connectivity index is 1.05. The van der Waals surface area contributed by atoms with Gasteiger partial charge in [0.25, 0.3) is 0 Å². The highest BCUT2D eigenvalue weighted by Crippen LogP contribution is 2.42. The third kappa shape index (κ3) is 10.6. The lowest BCUT2D eigenvalue weighted by Gasteiger charge is -2.44. The zero-order valence-corrected chi connectivity index (χ0v) is 33.4. The van der Waals surface area contributed by atoms with Crippen LogP contribution >= 0.6 is 0 Å². The molecule has 0 bridgehead atoms. The normalized spacial score (nSPS) is 21.2. The molecule has 2 heterocycles. The van der Waals surface area contributed by atoms with E-state index in [0.717, 1.165) is 67.1 Å². The van der Waals surface area contributed by atoms with Gasteiger partial charge in [-0.15, -0.1) is 0 Å². The van der Waals surface area contributed by atoms with Crippen LogP contribution in [-0.2, 0) is 43.9 Å². The van der Waals surface area contributed by atoms with Crippen molar-refractivity contribution in [1.29, 1.82) is 0 Å². The third-order valence-corrected chi connectivity index (χ3v) is 12.4. The van der Waals surface area contributed by atoms with Crippen LogP contribution < -0.4 is 10.0 Å². The van der Waals surface area contributed by atoms with Crippen molar-refractivity contribution in [2.45, 2.75) is 62.9 Å². The third-order valence-electron chi connectivity index (χ3n) is 11.0. The van der Waals surface area contributed by atoms with Gasteiger partial charge >= 0.3 is 0 Å². The molecule has 5 aromatic carbocycles. The molecule has 57 heavy (non-hydrogen) atoms. The summed E-state index contributed by atoms with van der Waals surface area (Å²) in [5.41, 5.74) is 6.26. The van der Waals surface area contributed by atoms with Crippen molar-refractivity contribution in [1.82, 2.24) is 14.5 Å². The first-order valence-corrected chi connectivity index (χ1v) is 21.1.